The van der Waals surface area contributed by atoms with Gasteiger partial charge in [0.25, 0.3) is 0 Å². The Kier molecular flexibility index (Phi) is 7.01. The molecular formula is C18H29N3O4. The second kappa shape index (κ2) is 9.45. The molecule has 1 aromatic rings. The first kappa shape index (κ1) is 18.5. The van der Waals surface area contributed by atoms with Gasteiger partial charge in [-0.3, -0.25) is 4.90 Å². The molecule has 140 valence electrons. The zero-order valence-electron chi connectivity index (χ0n) is 15.3. The second-order valence-electron chi connectivity index (χ2n) is 6.49. The number of pyridine rings is 1. The number of rotatable bonds is 5. The summed E-state index contributed by atoms with van der Waals surface area (Å²) in [5.74, 6) is 0.957. The average molecular weight is 351 g/mol. The van der Waals surface area contributed by atoms with Gasteiger partial charge >= 0.3 is 0 Å². The molecule has 0 radical (unpaired) electrons. The number of ether oxygens (including phenoxy) is 4. The molecule has 7 heteroatoms. The van der Waals surface area contributed by atoms with Crippen molar-refractivity contribution >= 4 is 5.82 Å². The molecule has 1 fully saturated rings. The van der Waals surface area contributed by atoms with Crippen LogP contribution in [0.15, 0.2) is 6.07 Å². The second-order valence-corrected chi connectivity index (χ2v) is 6.49. The van der Waals surface area contributed by atoms with Gasteiger partial charge in [0.15, 0.2) is 0 Å². The minimum absolute atomic E-state index is 0.356. The largest absolute Gasteiger partial charge is 0.370 e. The van der Waals surface area contributed by atoms with Crippen LogP contribution in [-0.4, -0.2) is 57.3 Å². The lowest BCUT2D eigenvalue weighted by Crippen LogP contribution is -2.29. The molecule has 0 aromatic carbocycles. The summed E-state index contributed by atoms with van der Waals surface area (Å²) >= 11 is 0. The van der Waals surface area contributed by atoms with Gasteiger partial charge in [-0.25, -0.2) is 4.98 Å². The molecule has 0 atom stereocenters. The molecule has 3 rings (SSSR count). The Morgan fingerprint density at radius 3 is 2.96 bits per heavy atom. The van der Waals surface area contributed by atoms with Gasteiger partial charge in [0.2, 0.25) is 6.29 Å². The van der Waals surface area contributed by atoms with Crippen LogP contribution < -0.4 is 5.32 Å². The van der Waals surface area contributed by atoms with Crippen LogP contribution in [0.4, 0.5) is 5.82 Å². The van der Waals surface area contributed by atoms with E-state index in [-0.39, 0.29) is 0 Å². The summed E-state index contributed by atoms with van der Waals surface area (Å²) < 4.78 is 22.0. The number of aromatic nitrogens is 1. The van der Waals surface area contributed by atoms with Gasteiger partial charge in [0.05, 0.1) is 0 Å². The van der Waals surface area contributed by atoms with E-state index >= 15 is 0 Å². The maximum Gasteiger partial charge on any atom is 0.200 e. The number of hydrogen-bond donors (Lipinski definition) is 1. The van der Waals surface area contributed by atoms with Crippen molar-refractivity contribution < 1.29 is 18.9 Å². The van der Waals surface area contributed by atoms with Crippen LogP contribution in [0, 0.1) is 0 Å². The van der Waals surface area contributed by atoms with Crippen molar-refractivity contribution in [1.82, 2.24) is 9.88 Å². The van der Waals surface area contributed by atoms with E-state index in [1.54, 1.807) is 14.2 Å². The van der Waals surface area contributed by atoms with Gasteiger partial charge in [0.1, 0.15) is 25.0 Å². The smallest absolute Gasteiger partial charge is 0.200 e. The predicted octanol–water partition coefficient (Wildman–Crippen LogP) is 2.28. The molecule has 1 aromatic heterocycles. The minimum Gasteiger partial charge on any atom is -0.370 e. The average Bonchev–Trinajstić information content (AvgIpc) is 2.77. The van der Waals surface area contributed by atoms with Crippen LogP contribution in [0.25, 0.3) is 0 Å². The fourth-order valence-electron chi connectivity index (χ4n) is 3.35. The van der Waals surface area contributed by atoms with Crippen LogP contribution in [0.1, 0.15) is 42.4 Å². The number of nitrogens with one attached hydrogen (secondary N) is 1. The van der Waals surface area contributed by atoms with Crippen LogP contribution in [0.2, 0.25) is 0 Å². The Morgan fingerprint density at radius 1 is 1.24 bits per heavy atom. The fraction of sp³-hybridized carbons (Fsp3) is 0.722. The Labute approximate surface area is 149 Å². The number of methoxy groups -OCH3 is 2. The highest BCUT2D eigenvalue weighted by Crippen LogP contribution is 2.28. The lowest BCUT2D eigenvalue weighted by atomic mass is 10.0. The van der Waals surface area contributed by atoms with E-state index in [1.165, 1.54) is 5.56 Å². The zero-order valence-corrected chi connectivity index (χ0v) is 15.3. The van der Waals surface area contributed by atoms with Crippen molar-refractivity contribution in [2.45, 2.75) is 38.5 Å². The summed E-state index contributed by atoms with van der Waals surface area (Å²) in [6, 6.07) is 2.25. The number of hydrogen-bond acceptors (Lipinski definition) is 7. The SMILES string of the molecule is COC(OC)c1nc2c(cc1CN1CCCCOCOC1)CCCN2. The van der Waals surface area contributed by atoms with Crippen molar-refractivity contribution in [3.05, 3.63) is 22.9 Å². The molecule has 0 bridgehead atoms. The maximum atomic E-state index is 5.61. The lowest BCUT2D eigenvalue weighted by molar-refractivity contribution is -0.110. The monoisotopic (exact) mass is 351 g/mol. The number of fused-ring (bicyclic) bond motifs is 1. The first-order valence-electron chi connectivity index (χ1n) is 9.02. The van der Waals surface area contributed by atoms with E-state index in [2.05, 4.69) is 16.3 Å². The van der Waals surface area contributed by atoms with Gasteiger partial charge in [-0.15, -0.1) is 0 Å². The highest BCUT2D eigenvalue weighted by molar-refractivity contribution is 5.49. The normalized spacial score (nSPS) is 19.6. The third kappa shape index (κ3) is 4.89. The van der Waals surface area contributed by atoms with Gasteiger partial charge in [-0.2, -0.15) is 0 Å². The maximum absolute atomic E-state index is 5.61. The Bertz CT molecular complexity index is 541. The number of aryl methyl sites for hydroxylation is 1. The topological polar surface area (TPSA) is 65.1 Å². The minimum atomic E-state index is -0.467. The van der Waals surface area contributed by atoms with E-state index < -0.39 is 6.29 Å². The van der Waals surface area contributed by atoms with Crippen molar-refractivity contribution in [2.75, 3.05) is 52.8 Å². The third-order valence-electron chi connectivity index (χ3n) is 4.63. The third-order valence-corrected chi connectivity index (χ3v) is 4.63. The molecular weight excluding hydrogens is 322 g/mol. The highest BCUT2D eigenvalue weighted by atomic mass is 16.7. The molecule has 2 aliphatic heterocycles. The summed E-state index contributed by atoms with van der Waals surface area (Å²) in [5.41, 5.74) is 3.25. The fourth-order valence-corrected chi connectivity index (χ4v) is 3.35. The van der Waals surface area contributed by atoms with Gasteiger partial charge in [-0.05, 0) is 42.9 Å². The van der Waals surface area contributed by atoms with E-state index in [0.29, 0.717) is 13.5 Å². The summed E-state index contributed by atoms with van der Waals surface area (Å²) in [5, 5.41) is 3.39. The number of anilines is 1. The molecule has 1 saturated heterocycles. The highest BCUT2D eigenvalue weighted by Gasteiger charge is 2.22. The lowest BCUT2D eigenvalue weighted by Gasteiger charge is -2.26. The van der Waals surface area contributed by atoms with Crippen molar-refractivity contribution in [3.63, 3.8) is 0 Å². The van der Waals surface area contributed by atoms with Crippen molar-refractivity contribution in [2.24, 2.45) is 0 Å². The standard InChI is InChI=1S/C18H29N3O4/c1-22-18(23-2)16-15(10-14-6-5-7-19-17(14)20-16)11-21-8-3-4-9-24-13-25-12-21/h10,18H,3-9,11-13H2,1-2H3,(H,19,20). The van der Waals surface area contributed by atoms with Crippen LogP contribution >= 0.6 is 0 Å². The molecule has 2 aliphatic rings. The molecule has 0 spiro atoms. The first-order chi connectivity index (χ1) is 12.3. The molecule has 0 aliphatic carbocycles. The molecule has 1 N–H and O–H groups in total. The predicted molar refractivity (Wildman–Crippen MR) is 94.2 cm³/mol. The zero-order chi connectivity index (χ0) is 17.5. The van der Waals surface area contributed by atoms with E-state index in [4.69, 9.17) is 23.9 Å². The van der Waals surface area contributed by atoms with Crippen molar-refractivity contribution in [3.8, 4) is 0 Å². The Morgan fingerprint density at radius 2 is 2.12 bits per heavy atom. The first-order valence-corrected chi connectivity index (χ1v) is 9.02. The van der Waals surface area contributed by atoms with Crippen LogP contribution in [0.5, 0.6) is 0 Å². The molecule has 0 unspecified atom stereocenters. The van der Waals surface area contributed by atoms with Gasteiger partial charge in [-0.1, -0.05) is 0 Å². The molecule has 3 heterocycles. The Hall–Kier alpha value is -1.25. The molecule has 25 heavy (non-hydrogen) atoms. The Balaban J connectivity index is 1.84. The molecule has 0 amide bonds. The van der Waals surface area contributed by atoms with Crippen LogP contribution in [0.3, 0.4) is 0 Å². The molecule has 7 nitrogen and oxygen atoms in total. The van der Waals surface area contributed by atoms with Crippen LogP contribution in [-0.2, 0) is 31.9 Å². The summed E-state index contributed by atoms with van der Waals surface area (Å²) in [6.45, 7) is 4.37. The number of nitrogens with zero attached hydrogens (tertiary/aromatic N) is 2. The summed E-state index contributed by atoms with van der Waals surface area (Å²) in [7, 11) is 3.29. The van der Waals surface area contributed by atoms with E-state index in [0.717, 1.165) is 69.0 Å². The van der Waals surface area contributed by atoms with E-state index in [9.17, 15) is 0 Å². The van der Waals surface area contributed by atoms with Gasteiger partial charge < -0.3 is 24.3 Å². The summed E-state index contributed by atoms with van der Waals surface area (Å²) in [4.78, 5) is 7.12. The van der Waals surface area contributed by atoms with Crippen molar-refractivity contribution in [1.29, 1.82) is 0 Å². The van der Waals surface area contributed by atoms with E-state index in [1.807, 2.05) is 0 Å². The quantitative estimate of drug-likeness (QED) is 0.817. The summed E-state index contributed by atoms with van der Waals surface area (Å²) in [6.07, 6.45) is 3.87. The molecule has 0 saturated carbocycles. The van der Waals surface area contributed by atoms with Gasteiger partial charge in [0, 0.05) is 40.5 Å².